The summed E-state index contributed by atoms with van der Waals surface area (Å²) in [6, 6.07) is 6.98. The number of benzene rings is 1. The standard InChI is InChI=1S/C23H32O2/c1-21(2,3)17-10-9-15-11-16-14-23(24-7,25-8)20(22(4,5)6)13-19(16)18(15)12-17/h9-10,12-13H,11,14H2,1-8H3. The van der Waals surface area contributed by atoms with Gasteiger partial charge in [0.15, 0.2) is 5.79 Å². The Labute approximate surface area is 152 Å². The van der Waals surface area contributed by atoms with Crippen LogP contribution in [0.5, 0.6) is 0 Å². The number of ether oxygens (including phenoxy) is 2. The summed E-state index contributed by atoms with van der Waals surface area (Å²) in [6.45, 7) is 13.5. The van der Waals surface area contributed by atoms with E-state index in [-0.39, 0.29) is 10.8 Å². The summed E-state index contributed by atoms with van der Waals surface area (Å²) in [5.74, 6) is -0.647. The van der Waals surface area contributed by atoms with E-state index >= 15 is 0 Å². The van der Waals surface area contributed by atoms with E-state index < -0.39 is 5.79 Å². The predicted molar refractivity (Wildman–Crippen MR) is 105 cm³/mol. The summed E-state index contributed by atoms with van der Waals surface area (Å²) in [5, 5.41) is 0. The van der Waals surface area contributed by atoms with Crippen molar-refractivity contribution in [2.75, 3.05) is 14.2 Å². The van der Waals surface area contributed by atoms with Crippen molar-refractivity contribution in [1.29, 1.82) is 0 Å². The van der Waals surface area contributed by atoms with Crippen LogP contribution < -0.4 is 0 Å². The molecule has 0 bridgehead atoms. The molecule has 0 spiro atoms. The van der Waals surface area contributed by atoms with E-state index in [1.807, 2.05) is 0 Å². The van der Waals surface area contributed by atoms with Crippen LogP contribution in [0.15, 0.2) is 35.4 Å². The molecule has 2 aliphatic rings. The zero-order valence-corrected chi connectivity index (χ0v) is 17.0. The van der Waals surface area contributed by atoms with Gasteiger partial charge in [-0.15, -0.1) is 0 Å². The maximum atomic E-state index is 5.93. The number of hydrogen-bond donors (Lipinski definition) is 0. The Kier molecular flexibility index (Phi) is 4.29. The summed E-state index contributed by atoms with van der Waals surface area (Å²) >= 11 is 0. The lowest BCUT2D eigenvalue weighted by atomic mass is 9.74. The molecule has 0 fully saturated rings. The fourth-order valence-electron chi connectivity index (χ4n) is 4.17. The van der Waals surface area contributed by atoms with Gasteiger partial charge in [-0.2, -0.15) is 0 Å². The van der Waals surface area contributed by atoms with Crippen molar-refractivity contribution in [3.8, 4) is 0 Å². The molecule has 0 aromatic heterocycles. The first-order valence-electron chi connectivity index (χ1n) is 9.20. The first-order valence-corrected chi connectivity index (χ1v) is 9.20. The molecule has 2 aliphatic carbocycles. The molecule has 0 N–H and O–H groups in total. The lowest BCUT2D eigenvalue weighted by Crippen LogP contribution is -2.43. The van der Waals surface area contributed by atoms with E-state index in [0.29, 0.717) is 0 Å². The van der Waals surface area contributed by atoms with Crippen LogP contribution in [-0.2, 0) is 21.3 Å². The second-order valence-corrected chi connectivity index (χ2v) is 9.46. The van der Waals surface area contributed by atoms with Gasteiger partial charge in [-0.1, -0.05) is 65.3 Å². The molecular weight excluding hydrogens is 308 g/mol. The van der Waals surface area contributed by atoms with E-state index in [4.69, 9.17) is 9.47 Å². The molecule has 136 valence electrons. The number of fused-ring (bicyclic) bond motifs is 2. The Morgan fingerprint density at radius 1 is 0.920 bits per heavy atom. The summed E-state index contributed by atoms with van der Waals surface area (Å²) in [7, 11) is 3.52. The monoisotopic (exact) mass is 340 g/mol. The van der Waals surface area contributed by atoms with Crippen molar-refractivity contribution < 1.29 is 9.47 Å². The minimum atomic E-state index is -0.647. The SMILES string of the molecule is COC1(OC)CC2=C(C=C1C(C)(C)C)c1cc(C(C)(C)C)ccc1C2. The highest BCUT2D eigenvalue weighted by Gasteiger charge is 2.45. The molecule has 3 rings (SSSR count). The molecule has 0 amide bonds. The van der Waals surface area contributed by atoms with Gasteiger partial charge in [0.25, 0.3) is 0 Å². The van der Waals surface area contributed by atoms with Crippen molar-refractivity contribution in [3.05, 3.63) is 52.1 Å². The van der Waals surface area contributed by atoms with Crippen LogP contribution >= 0.6 is 0 Å². The van der Waals surface area contributed by atoms with Crippen LogP contribution in [0.4, 0.5) is 0 Å². The summed E-state index contributed by atoms with van der Waals surface area (Å²) in [6.07, 6.45) is 4.14. The van der Waals surface area contributed by atoms with Crippen molar-refractivity contribution in [2.45, 2.75) is 65.6 Å². The van der Waals surface area contributed by atoms with E-state index in [1.54, 1.807) is 14.2 Å². The molecule has 0 saturated heterocycles. The van der Waals surface area contributed by atoms with E-state index in [0.717, 1.165) is 12.8 Å². The van der Waals surface area contributed by atoms with Gasteiger partial charge in [0.2, 0.25) is 0 Å². The minimum Gasteiger partial charge on any atom is -0.349 e. The molecule has 0 aliphatic heterocycles. The zero-order chi connectivity index (χ0) is 18.6. The molecule has 25 heavy (non-hydrogen) atoms. The van der Waals surface area contributed by atoms with Crippen LogP contribution in [0.2, 0.25) is 0 Å². The second-order valence-electron chi connectivity index (χ2n) is 9.46. The van der Waals surface area contributed by atoms with E-state index in [9.17, 15) is 0 Å². The summed E-state index contributed by atoms with van der Waals surface area (Å²) in [5.41, 5.74) is 8.38. The molecule has 0 unspecified atom stereocenters. The molecule has 1 aromatic rings. The number of allylic oxidation sites excluding steroid dienone is 2. The van der Waals surface area contributed by atoms with Crippen LogP contribution in [-0.4, -0.2) is 20.0 Å². The van der Waals surface area contributed by atoms with Crippen molar-refractivity contribution in [1.82, 2.24) is 0 Å². The van der Waals surface area contributed by atoms with Crippen LogP contribution in [0, 0.1) is 5.41 Å². The van der Waals surface area contributed by atoms with Gasteiger partial charge in [-0.3, -0.25) is 0 Å². The lowest BCUT2D eigenvalue weighted by molar-refractivity contribution is -0.185. The highest BCUT2D eigenvalue weighted by Crippen LogP contribution is 2.50. The highest BCUT2D eigenvalue weighted by molar-refractivity contribution is 5.85. The van der Waals surface area contributed by atoms with Gasteiger partial charge in [0.1, 0.15) is 0 Å². The third-order valence-corrected chi connectivity index (χ3v) is 5.66. The van der Waals surface area contributed by atoms with Crippen LogP contribution in [0.1, 0.15) is 64.7 Å². The van der Waals surface area contributed by atoms with Gasteiger partial charge in [-0.05, 0) is 51.2 Å². The fraction of sp³-hybridized carbons (Fsp3) is 0.565. The van der Waals surface area contributed by atoms with Crippen molar-refractivity contribution in [2.24, 2.45) is 5.41 Å². The Morgan fingerprint density at radius 2 is 1.56 bits per heavy atom. The molecular formula is C23H32O2. The topological polar surface area (TPSA) is 18.5 Å². The lowest BCUT2D eigenvalue weighted by Gasteiger charge is -2.42. The molecule has 1 aromatic carbocycles. The van der Waals surface area contributed by atoms with Crippen molar-refractivity contribution in [3.63, 3.8) is 0 Å². The average Bonchev–Trinajstić information content (AvgIpc) is 2.88. The maximum absolute atomic E-state index is 5.93. The first kappa shape index (κ1) is 18.4. The largest absolute Gasteiger partial charge is 0.349 e. The van der Waals surface area contributed by atoms with Gasteiger partial charge in [0.05, 0.1) is 0 Å². The Morgan fingerprint density at radius 3 is 2.08 bits per heavy atom. The number of rotatable bonds is 2. The number of hydrogen-bond acceptors (Lipinski definition) is 2. The highest BCUT2D eigenvalue weighted by atomic mass is 16.7. The third kappa shape index (κ3) is 3.00. The molecule has 0 saturated carbocycles. The Balaban J connectivity index is 2.14. The van der Waals surface area contributed by atoms with Crippen molar-refractivity contribution >= 4 is 5.57 Å². The van der Waals surface area contributed by atoms with Gasteiger partial charge in [0, 0.05) is 20.6 Å². The smallest absolute Gasteiger partial charge is 0.194 e. The minimum absolute atomic E-state index is 0.0189. The van der Waals surface area contributed by atoms with Gasteiger partial charge < -0.3 is 9.47 Å². The molecule has 0 radical (unpaired) electrons. The number of methoxy groups -OCH3 is 2. The molecule has 2 heteroatoms. The average molecular weight is 341 g/mol. The second kappa shape index (κ2) is 5.82. The normalized spacial score (nSPS) is 19.6. The van der Waals surface area contributed by atoms with Gasteiger partial charge >= 0.3 is 0 Å². The molecule has 2 nitrogen and oxygen atoms in total. The van der Waals surface area contributed by atoms with E-state index in [2.05, 4.69) is 65.8 Å². The third-order valence-electron chi connectivity index (χ3n) is 5.66. The van der Waals surface area contributed by atoms with Crippen LogP contribution in [0.3, 0.4) is 0 Å². The summed E-state index contributed by atoms with van der Waals surface area (Å²) in [4.78, 5) is 0. The quantitative estimate of drug-likeness (QED) is 0.647. The van der Waals surface area contributed by atoms with Crippen LogP contribution in [0.25, 0.3) is 5.57 Å². The summed E-state index contributed by atoms with van der Waals surface area (Å²) < 4.78 is 11.9. The predicted octanol–water partition coefficient (Wildman–Crippen LogP) is 5.66. The van der Waals surface area contributed by atoms with Gasteiger partial charge in [-0.25, -0.2) is 0 Å². The Hall–Kier alpha value is -1.38. The molecule has 0 atom stereocenters. The first-order chi connectivity index (χ1) is 11.5. The fourth-order valence-corrected chi connectivity index (χ4v) is 4.17. The maximum Gasteiger partial charge on any atom is 0.194 e. The zero-order valence-electron chi connectivity index (χ0n) is 17.0. The Bertz CT molecular complexity index is 747. The van der Waals surface area contributed by atoms with E-state index in [1.165, 1.54) is 33.4 Å². The molecule has 0 heterocycles.